The Balaban J connectivity index is 0.000000219. The Bertz CT molecular complexity index is 3820. The number of nitrogens with zero attached hydrogens (tertiary/aromatic N) is 4. The molecule has 0 bridgehead atoms. The Kier molecular flexibility index (Phi) is 14.6. The van der Waals surface area contributed by atoms with Gasteiger partial charge in [-0.3, -0.25) is 0 Å². The summed E-state index contributed by atoms with van der Waals surface area (Å²) in [6, 6.07) is 34.3. The van der Waals surface area contributed by atoms with Gasteiger partial charge in [-0.1, -0.05) is 134 Å². The van der Waals surface area contributed by atoms with E-state index in [0.29, 0.717) is 22.3 Å². The predicted octanol–water partition coefficient (Wildman–Crippen LogP) is 16.8. The molecule has 4 nitrogen and oxygen atoms in total. The molecular formula is C72H96N4+4. The zero-order chi connectivity index (χ0) is 68.6. The minimum atomic E-state index is -2.12. The van der Waals surface area contributed by atoms with Crippen molar-refractivity contribution in [3.8, 4) is 45.0 Å². The minimum absolute atomic E-state index is 0.332. The van der Waals surface area contributed by atoms with Gasteiger partial charge in [0.15, 0.2) is 24.8 Å². The lowest BCUT2D eigenvalue weighted by molar-refractivity contribution is -0.661. The van der Waals surface area contributed by atoms with Crippen molar-refractivity contribution < 1.29 is 37.5 Å². The van der Waals surface area contributed by atoms with Gasteiger partial charge in [-0.05, 0) is 168 Å². The third kappa shape index (κ3) is 15.8. The lowest BCUT2D eigenvalue weighted by Crippen LogP contribution is -2.32. The number of benzene rings is 4. The molecule has 0 saturated carbocycles. The van der Waals surface area contributed by atoms with Gasteiger partial charge in [0, 0.05) is 88.0 Å². The largest absolute Gasteiger partial charge is 0.212 e. The summed E-state index contributed by atoms with van der Waals surface area (Å²) < 4.78 is 117. The predicted molar refractivity (Wildman–Crippen MR) is 325 cm³/mol. The summed E-state index contributed by atoms with van der Waals surface area (Å²) in [4.78, 5) is 0. The first kappa shape index (κ1) is 42.6. The van der Waals surface area contributed by atoms with Gasteiger partial charge in [0.25, 0.3) is 0 Å². The molecule has 0 spiro atoms. The number of rotatable bonds is 8. The van der Waals surface area contributed by atoms with Crippen molar-refractivity contribution >= 4 is 0 Å². The van der Waals surface area contributed by atoms with Crippen LogP contribution in [0.15, 0.2) is 134 Å². The van der Waals surface area contributed by atoms with Crippen LogP contribution < -0.4 is 18.3 Å². The van der Waals surface area contributed by atoms with Crippen LogP contribution in [0.4, 0.5) is 0 Å². The monoisotopic (exact) mass is 1030 g/mol. The molecule has 400 valence electrons. The van der Waals surface area contributed by atoms with E-state index in [4.69, 9.17) is 19.2 Å². The second-order valence-electron chi connectivity index (χ2n) is 22.3. The smallest absolute Gasteiger partial charge is 0.201 e. The lowest BCUT2D eigenvalue weighted by Gasteiger charge is -2.19. The molecule has 0 N–H and O–H groups in total. The Morgan fingerprint density at radius 3 is 1.16 bits per heavy atom. The van der Waals surface area contributed by atoms with E-state index in [1.165, 1.54) is 22.4 Å². The summed E-state index contributed by atoms with van der Waals surface area (Å²) in [6.45, 7) is 24.7. The maximum Gasteiger partial charge on any atom is 0.212 e. The molecule has 0 aliphatic heterocycles. The summed E-state index contributed by atoms with van der Waals surface area (Å²) in [7, 11) is 7.85. The molecule has 0 saturated heterocycles. The first-order chi connectivity index (χ1) is 40.9. The van der Waals surface area contributed by atoms with E-state index in [-0.39, 0.29) is 0 Å². The number of pyridine rings is 4. The van der Waals surface area contributed by atoms with E-state index >= 15 is 0 Å². The number of hydrogen-bond donors (Lipinski definition) is 0. The van der Waals surface area contributed by atoms with Gasteiger partial charge >= 0.3 is 0 Å². The quantitative estimate of drug-likeness (QED) is 0.135. The standard InChI is InChI=1S/C20H28N.C18H24N.2C17H22N/c1-14-8-9-18(16(3)10-14)19-11-15(2)17(13-21(19)7)12-20(4,5)6;1-12(2)17-11-19(6)18(10-15(17)5)16-8-7-13(3)9-14(16)4;1-12(2)15-7-9-17(18(5)11-15)16-8-6-13(3)10-14(16)4;1-12(2)16-11-18(5)17(10-14(16)4)15-9-7-6-8-13(15)3/h8-11,13H,12H2,1-7H3;7-12H,1-6H3;2*6-12H,1-5H3/q4*+1/i1D3,12D2;2*3D3,12D;12D. The summed E-state index contributed by atoms with van der Waals surface area (Å²) in [5.74, 6) is -1.86. The highest BCUT2D eigenvalue weighted by Gasteiger charge is 2.22. The van der Waals surface area contributed by atoms with Crippen molar-refractivity contribution in [2.24, 2.45) is 33.6 Å². The van der Waals surface area contributed by atoms with Gasteiger partial charge in [0.1, 0.15) is 28.2 Å². The molecule has 4 aromatic heterocycles. The average molecular weight is 1030 g/mol. The molecular weight excluding hydrogens is 921 g/mol. The fourth-order valence-electron chi connectivity index (χ4n) is 9.53. The van der Waals surface area contributed by atoms with Gasteiger partial charge in [0.05, 0.1) is 0 Å². The molecule has 4 heterocycles. The molecule has 0 unspecified atom stereocenters. The summed E-state index contributed by atoms with van der Waals surface area (Å²) in [5, 5.41) is 0. The number of aryl methyl sites for hydroxylation is 14. The van der Waals surface area contributed by atoms with Crippen LogP contribution in [0, 0.1) is 74.4 Å². The van der Waals surface area contributed by atoms with E-state index in [2.05, 4.69) is 68.1 Å². The van der Waals surface area contributed by atoms with Crippen molar-refractivity contribution in [2.75, 3.05) is 0 Å². The van der Waals surface area contributed by atoms with Crippen molar-refractivity contribution in [3.63, 3.8) is 0 Å². The highest BCUT2D eigenvalue weighted by Crippen LogP contribution is 2.29. The highest BCUT2D eigenvalue weighted by atomic mass is 14.9. The van der Waals surface area contributed by atoms with Gasteiger partial charge in [-0.15, -0.1) is 0 Å². The molecule has 0 fully saturated rings. The van der Waals surface area contributed by atoms with E-state index < -0.39 is 50.0 Å². The molecule has 0 amide bonds. The normalized spacial score (nSPS) is 15.1. The van der Waals surface area contributed by atoms with Crippen LogP contribution in [0.1, 0.15) is 177 Å². The van der Waals surface area contributed by atoms with Crippen LogP contribution in [0.3, 0.4) is 0 Å². The van der Waals surface area contributed by atoms with Crippen molar-refractivity contribution in [3.05, 3.63) is 212 Å². The molecule has 0 atom stereocenters. The fraction of sp³-hybridized carbons (Fsp3) is 0.389. The molecule has 8 rings (SSSR count). The van der Waals surface area contributed by atoms with Crippen LogP contribution in [0.5, 0.6) is 0 Å². The summed E-state index contributed by atoms with van der Waals surface area (Å²) >= 11 is 0. The second kappa shape index (κ2) is 26.0. The van der Waals surface area contributed by atoms with Crippen LogP contribution in [-0.4, -0.2) is 0 Å². The number of aromatic nitrogens is 4. The fourth-order valence-corrected chi connectivity index (χ4v) is 9.53. The Morgan fingerprint density at radius 2 is 0.789 bits per heavy atom. The van der Waals surface area contributed by atoms with Crippen molar-refractivity contribution in [1.29, 1.82) is 0 Å². The van der Waals surface area contributed by atoms with Crippen LogP contribution in [-0.2, 0) is 34.6 Å². The Morgan fingerprint density at radius 1 is 0.408 bits per heavy atom. The average Bonchev–Trinajstić information content (AvgIpc) is 1.99. The first-order valence-electron chi connectivity index (χ1n) is 33.3. The summed E-state index contributed by atoms with van der Waals surface area (Å²) in [5.41, 5.74) is 19.7. The highest BCUT2D eigenvalue weighted by molar-refractivity contribution is 5.65. The lowest BCUT2D eigenvalue weighted by atomic mass is 9.87. The SMILES string of the molecule is [2H]C(C)(C)c1c[n+](C)c(-c2ccccc2C)cc1C.[2H]C([2H])([2H])c1ccc(-c2cc(C)c(C([2H])(C)C)c[n+]2C)c(C)c1.[2H]C([2H])([2H])c1ccc(-c2cc(C)c(C([2H])([2H])C(C)(C)C)c[n+]2C)c(C)c1.[2H]C([2H])([2H])c1ccc(-c2ccc(C([2H])(C)C)c[n+]2C)c(C)c1. The maximum absolute atomic E-state index is 8.56. The molecule has 0 radical (unpaired) electrons. The molecule has 8 aromatic rings. The van der Waals surface area contributed by atoms with E-state index in [9.17, 15) is 0 Å². The van der Waals surface area contributed by atoms with Crippen LogP contribution >= 0.6 is 0 Å². The van der Waals surface area contributed by atoms with Crippen molar-refractivity contribution in [1.82, 2.24) is 0 Å². The van der Waals surface area contributed by atoms with Gasteiger partial charge in [-0.25, -0.2) is 18.3 Å². The second-order valence-corrected chi connectivity index (χ2v) is 22.3. The van der Waals surface area contributed by atoms with E-state index in [1.807, 2.05) is 187 Å². The topological polar surface area (TPSA) is 15.5 Å². The maximum atomic E-state index is 8.56. The Labute approximate surface area is 481 Å². The zero-order valence-corrected chi connectivity index (χ0v) is 49.5. The van der Waals surface area contributed by atoms with Crippen LogP contribution in [0.2, 0.25) is 0 Å². The van der Waals surface area contributed by atoms with Crippen LogP contribution in [0.25, 0.3) is 45.0 Å². The third-order valence-corrected chi connectivity index (χ3v) is 13.7. The molecule has 0 aliphatic carbocycles. The molecule has 4 heteroatoms. The molecule has 0 aliphatic rings. The van der Waals surface area contributed by atoms with Gasteiger partial charge in [-0.2, -0.15) is 0 Å². The third-order valence-electron chi connectivity index (χ3n) is 13.7. The van der Waals surface area contributed by atoms with E-state index in [1.54, 1.807) is 36.4 Å². The van der Waals surface area contributed by atoms with E-state index in [0.717, 1.165) is 78.3 Å². The molecule has 76 heavy (non-hydrogen) atoms. The van der Waals surface area contributed by atoms with Crippen molar-refractivity contribution in [2.45, 2.75) is 155 Å². The van der Waals surface area contributed by atoms with Gasteiger partial charge < -0.3 is 0 Å². The number of hydrogen-bond acceptors (Lipinski definition) is 0. The van der Waals surface area contributed by atoms with Gasteiger partial charge in [0.2, 0.25) is 22.8 Å². The zero-order valence-electron chi connectivity index (χ0n) is 63.5. The Hall–Kier alpha value is -6.52. The first-order valence-corrected chi connectivity index (χ1v) is 26.3. The minimum Gasteiger partial charge on any atom is -0.201 e. The molecule has 4 aromatic carbocycles. The summed E-state index contributed by atoms with van der Waals surface area (Å²) in [6.07, 6.45) is 6.43.